The monoisotopic (exact) mass is 481 g/mol. The predicted octanol–water partition coefficient (Wildman–Crippen LogP) is 4.25. The van der Waals surface area contributed by atoms with E-state index in [0.717, 1.165) is 40.3 Å². The van der Waals surface area contributed by atoms with Gasteiger partial charge >= 0.3 is 0 Å². The lowest BCUT2D eigenvalue weighted by atomic mass is 9.95. The highest BCUT2D eigenvalue weighted by Crippen LogP contribution is 2.31. The van der Waals surface area contributed by atoms with Crippen LogP contribution < -0.4 is 5.73 Å². The zero-order valence-electron chi connectivity index (χ0n) is 19.2. The van der Waals surface area contributed by atoms with Gasteiger partial charge < -0.3 is 5.73 Å². The van der Waals surface area contributed by atoms with Crippen LogP contribution in [0.5, 0.6) is 0 Å². The molecule has 0 saturated heterocycles. The molecule has 0 unspecified atom stereocenters. The third kappa shape index (κ3) is 4.67. The number of nitrogens with zero attached hydrogens (tertiary/aromatic N) is 4. The summed E-state index contributed by atoms with van der Waals surface area (Å²) in [4.78, 5) is 4.16. The molecule has 7 nitrogen and oxygen atoms in total. The molecule has 0 spiro atoms. The smallest absolute Gasteiger partial charge is 0.246 e. The van der Waals surface area contributed by atoms with Gasteiger partial charge in [0.05, 0.1) is 17.4 Å². The van der Waals surface area contributed by atoms with Crippen LogP contribution in [-0.2, 0) is 10.0 Å². The molecule has 3 aromatic rings. The normalized spacial score (nSPS) is 18.0. The van der Waals surface area contributed by atoms with Gasteiger partial charge in [-0.1, -0.05) is 19.1 Å². The second-order valence-electron chi connectivity index (χ2n) is 8.27. The zero-order chi connectivity index (χ0) is 24.3. The Hall–Kier alpha value is -3.30. The second-order valence-corrected chi connectivity index (χ2v) is 10.2. The molecule has 2 aromatic carbocycles. The van der Waals surface area contributed by atoms with E-state index < -0.39 is 10.0 Å². The molecule has 4 rings (SSSR count). The molecule has 2 N–H and O–H groups in total. The van der Waals surface area contributed by atoms with Gasteiger partial charge in [-0.05, 0) is 67.3 Å². The summed E-state index contributed by atoms with van der Waals surface area (Å²) in [5, 5.41) is 5.41. The summed E-state index contributed by atoms with van der Waals surface area (Å²) in [6.07, 6.45) is 7.57. The molecule has 0 radical (unpaired) electrons. The second kappa shape index (κ2) is 9.90. The lowest BCUT2D eigenvalue weighted by molar-refractivity contribution is 0.361. The van der Waals surface area contributed by atoms with Gasteiger partial charge in [0, 0.05) is 36.9 Å². The van der Waals surface area contributed by atoms with E-state index in [1.165, 1.54) is 22.7 Å². The van der Waals surface area contributed by atoms with Gasteiger partial charge in [-0.2, -0.15) is 9.40 Å². The molecule has 0 aliphatic carbocycles. The SMILES string of the molecule is CCCN=CC(=CN)S(=O)(=O)N1CC=C(c2ccc3c(cnn3-c3ccc(F)cc3)c2)C[C@H]1C. The molecule has 1 aromatic heterocycles. The van der Waals surface area contributed by atoms with Crippen molar-refractivity contribution < 1.29 is 12.8 Å². The fraction of sp³-hybridized carbons (Fsp3) is 0.280. The van der Waals surface area contributed by atoms with Crippen LogP contribution >= 0.6 is 0 Å². The number of rotatable bonds is 7. The van der Waals surface area contributed by atoms with Crippen molar-refractivity contribution >= 4 is 32.7 Å². The maximum Gasteiger partial charge on any atom is 0.246 e. The average molecular weight is 482 g/mol. The van der Waals surface area contributed by atoms with Crippen molar-refractivity contribution in [2.24, 2.45) is 10.7 Å². The summed E-state index contributed by atoms with van der Waals surface area (Å²) in [6.45, 7) is 4.67. The third-order valence-corrected chi connectivity index (χ3v) is 7.84. The summed E-state index contributed by atoms with van der Waals surface area (Å²) < 4.78 is 42.7. The van der Waals surface area contributed by atoms with Crippen molar-refractivity contribution in [3.05, 3.63) is 77.2 Å². The lowest BCUT2D eigenvalue weighted by Crippen LogP contribution is -2.42. The van der Waals surface area contributed by atoms with E-state index in [4.69, 9.17) is 5.73 Å². The van der Waals surface area contributed by atoms with Crippen LogP contribution in [0.2, 0.25) is 0 Å². The van der Waals surface area contributed by atoms with Crippen molar-refractivity contribution in [2.45, 2.75) is 32.7 Å². The average Bonchev–Trinajstić information content (AvgIpc) is 3.25. The van der Waals surface area contributed by atoms with Crippen molar-refractivity contribution in [3.63, 3.8) is 0 Å². The quantitative estimate of drug-likeness (QED) is 0.511. The highest BCUT2D eigenvalue weighted by Gasteiger charge is 2.32. The molecule has 2 heterocycles. The number of hydrogen-bond donors (Lipinski definition) is 1. The Morgan fingerprint density at radius 2 is 2.03 bits per heavy atom. The van der Waals surface area contributed by atoms with Crippen molar-refractivity contribution in [3.8, 4) is 5.69 Å². The summed E-state index contributed by atoms with van der Waals surface area (Å²) >= 11 is 0. The first-order valence-corrected chi connectivity index (χ1v) is 12.7. The largest absolute Gasteiger partial charge is 0.403 e. The molecule has 1 aliphatic rings. The highest BCUT2D eigenvalue weighted by molar-refractivity contribution is 7.93. The molecule has 0 saturated carbocycles. The minimum absolute atomic E-state index is 0.0132. The number of hydrogen-bond acceptors (Lipinski definition) is 5. The zero-order valence-corrected chi connectivity index (χ0v) is 20.0. The summed E-state index contributed by atoms with van der Waals surface area (Å²) in [7, 11) is -3.74. The first kappa shape index (κ1) is 23.8. The maximum atomic E-state index is 13.3. The van der Waals surface area contributed by atoms with Crippen LogP contribution in [0.3, 0.4) is 0 Å². The molecule has 9 heteroatoms. The van der Waals surface area contributed by atoms with E-state index in [1.807, 2.05) is 38.1 Å². The van der Waals surface area contributed by atoms with E-state index in [-0.39, 0.29) is 23.3 Å². The van der Waals surface area contributed by atoms with E-state index in [9.17, 15) is 12.8 Å². The van der Waals surface area contributed by atoms with Crippen LogP contribution in [-0.4, -0.2) is 47.8 Å². The van der Waals surface area contributed by atoms with Gasteiger partial charge in [0.15, 0.2) is 0 Å². The molecule has 1 aliphatic heterocycles. The van der Waals surface area contributed by atoms with E-state index in [0.29, 0.717) is 13.0 Å². The van der Waals surface area contributed by atoms with Crippen molar-refractivity contribution in [1.82, 2.24) is 14.1 Å². The molecule has 178 valence electrons. The number of benzene rings is 2. The molecule has 0 fully saturated rings. The lowest BCUT2D eigenvalue weighted by Gasteiger charge is -2.32. The summed E-state index contributed by atoms with van der Waals surface area (Å²) in [5.41, 5.74) is 9.40. The van der Waals surface area contributed by atoms with Gasteiger partial charge in [-0.15, -0.1) is 0 Å². The minimum atomic E-state index is -3.74. The molecule has 1 atom stereocenters. The van der Waals surface area contributed by atoms with E-state index >= 15 is 0 Å². The number of allylic oxidation sites excluding steroid dienone is 1. The van der Waals surface area contributed by atoms with Crippen molar-refractivity contribution in [2.75, 3.05) is 13.1 Å². The fourth-order valence-electron chi connectivity index (χ4n) is 4.09. The number of sulfonamides is 1. The van der Waals surface area contributed by atoms with Gasteiger partial charge in [-0.3, -0.25) is 4.99 Å². The van der Waals surface area contributed by atoms with Gasteiger partial charge in [0.25, 0.3) is 0 Å². The van der Waals surface area contributed by atoms with Crippen LogP contribution in [0.4, 0.5) is 4.39 Å². The Morgan fingerprint density at radius 3 is 2.71 bits per heavy atom. The maximum absolute atomic E-state index is 13.3. The number of aliphatic imine (C=N–C) groups is 1. The summed E-state index contributed by atoms with van der Waals surface area (Å²) in [6, 6.07) is 12.0. The van der Waals surface area contributed by atoms with Crippen molar-refractivity contribution in [1.29, 1.82) is 0 Å². The first-order chi connectivity index (χ1) is 16.3. The minimum Gasteiger partial charge on any atom is -0.403 e. The number of fused-ring (bicyclic) bond motifs is 1. The van der Waals surface area contributed by atoms with Gasteiger partial charge in [0.1, 0.15) is 10.7 Å². The van der Waals surface area contributed by atoms with E-state index in [2.05, 4.69) is 10.1 Å². The number of halogens is 1. The van der Waals surface area contributed by atoms with Crippen LogP contribution in [0.15, 0.2) is 70.8 Å². The van der Waals surface area contributed by atoms with Crippen LogP contribution in [0, 0.1) is 5.82 Å². The van der Waals surface area contributed by atoms with Crippen LogP contribution in [0.25, 0.3) is 22.2 Å². The molecular formula is C25H28FN5O2S. The first-order valence-electron chi connectivity index (χ1n) is 11.2. The Kier molecular flexibility index (Phi) is 6.95. The number of aromatic nitrogens is 2. The Balaban J connectivity index is 1.58. The number of nitrogens with two attached hydrogens (primary N) is 1. The predicted molar refractivity (Wildman–Crippen MR) is 135 cm³/mol. The fourth-order valence-corrected chi connectivity index (χ4v) is 5.56. The summed E-state index contributed by atoms with van der Waals surface area (Å²) in [5.74, 6) is -0.292. The Morgan fingerprint density at radius 1 is 1.26 bits per heavy atom. The van der Waals surface area contributed by atoms with Gasteiger partial charge in [-0.25, -0.2) is 17.5 Å². The molecular weight excluding hydrogens is 453 g/mol. The van der Waals surface area contributed by atoms with Crippen LogP contribution in [0.1, 0.15) is 32.3 Å². The van der Waals surface area contributed by atoms with Gasteiger partial charge in [0.2, 0.25) is 10.0 Å². The third-order valence-electron chi connectivity index (χ3n) is 5.88. The van der Waals surface area contributed by atoms with E-state index in [1.54, 1.807) is 23.0 Å². The topological polar surface area (TPSA) is 93.6 Å². The Labute approximate surface area is 199 Å². The molecule has 0 bridgehead atoms. The Bertz CT molecular complexity index is 1370. The molecule has 34 heavy (non-hydrogen) atoms. The highest BCUT2D eigenvalue weighted by atomic mass is 32.2. The molecule has 0 amide bonds. The standard InChI is InChI=1S/C25H28FN5O2S/c1-3-11-28-17-24(15-27)34(32,33)30-12-10-20(13-18(30)2)19-4-9-25-21(14-19)16-29-31(25)23-7-5-22(26)6-8-23/h4-10,14-18H,3,11-13,27H2,1-2H3/t18-/m1/s1.